The van der Waals surface area contributed by atoms with Crippen molar-refractivity contribution in [1.82, 2.24) is 10.3 Å². The van der Waals surface area contributed by atoms with E-state index in [0.717, 1.165) is 18.5 Å². The minimum absolute atomic E-state index is 0.165. The van der Waals surface area contributed by atoms with Crippen molar-refractivity contribution >= 4 is 0 Å². The number of rotatable bonds is 5. The number of nitrogens with zero attached hydrogens (tertiary/aromatic N) is 1. The Kier molecular flexibility index (Phi) is 3.54. The van der Waals surface area contributed by atoms with Gasteiger partial charge in [0, 0.05) is 17.8 Å². The van der Waals surface area contributed by atoms with Crippen molar-refractivity contribution in [1.29, 1.82) is 0 Å². The summed E-state index contributed by atoms with van der Waals surface area (Å²) in [5.74, 6) is 1.11. The van der Waals surface area contributed by atoms with Gasteiger partial charge in [-0.3, -0.25) is 4.98 Å². The molecule has 16 heavy (non-hydrogen) atoms. The van der Waals surface area contributed by atoms with Crippen LogP contribution in [0.1, 0.15) is 38.3 Å². The largest absolute Gasteiger partial charge is 0.310 e. The molecule has 3 unspecified atom stereocenters. The molecule has 2 nitrogen and oxygen atoms in total. The van der Waals surface area contributed by atoms with E-state index in [1.54, 1.807) is 12.3 Å². The number of hydrogen-bond donors (Lipinski definition) is 1. The summed E-state index contributed by atoms with van der Waals surface area (Å²) in [6.45, 7) is 5.29. The van der Waals surface area contributed by atoms with Gasteiger partial charge in [0.2, 0.25) is 0 Å². The quantitative estimate of drug-likeness (QED) is 0.828. The van der Waals surface area contributed by atoms with Crippen molar-refractivity contribution in [3.05, 3.63) is 29.8 Å². The molecule has 0 spiro atoms. The van der Waals surface area contributed by atoms with Crippen LogP contribution in [0, 0.1) is 17.7 Å². The lowest BCUT2D eigenvalue weighted by Crippen LogP contribution is -2.25. The monoisotopic (exact) mass is 222 g/mol. The zero-order valence-electron chi connectivity index (χ0n) is 9.91. The lowest BCUT2D eigenvalue weighted by Gasteiger charge is -2.19. The Morgan fingerprint density at radius 2 is 2.38 bits per heavy atom. The first-order valence-electron chi connectivity index (χ1n) is 6.06. The van der Waals surface area contributed by atoms with E-state index < -0.39 is 0 Å². The summed E-state index contributed by atoms with van der Waals surface area (Å²) in [5.41, 5.74) is 0.776. The van der Waals surface area contributed by atoms with E-state index in [1.165, 1.54) is 12.6 Å². The molecule has 1 aromatic rings. The van der Waals surface area contributed by atoms with Gasteiger partial charge < -0.3 is 5.32 Å². The molecular formula is C13H19FN2. The summed E-state index contributed by atoms with van der Waals surface area (Å²) >= 11 is 0. The van der Waals surface area contributed by atoms with Crippen LogP contribution >= 0.6 is 0 Å². The maximum atomic E-state index is 13.7. The Bertz CT molecular complexity index is 354. The Morgan fingerprint density at radius 3 is 2.94 bits per heavy atom. The molecule has 0 amide bonds. The lowest BCUT2D eigenvalue weighted by molar-refractivity contribution is 0.441. The van der Waals surface area contributed by atoms with Crippen LogP contribution in [-0.4, -0.2) is 11.5 Å². The second-order valence-electron chi connectivity index (χ2n) is 4.71. The second-order valence-corrected chi connectivity index (χ2v) is 4.71. The van der Waals surface area contributed by atoms with E-state index in [-0.39, 0.29) is 11.9 Å². The Labute approximate surface area is 96.3 Å². The van der Waals surface area contributed by atoms with Crippen LogP contribution in [0.15, 0.2) is 18.5 Å². The minimum Gasteiger partial charge on any atom is -0.310 e. The first kappa shape index (κ1) is 11.5. The number of hydrogen-bond acceptors (Lipinski definition) is 2. The number of pyridine rings is 1. The van der Waals surface area contributed by atoms with Crippen molar-refractivity contribution in [3.63, 3.8) is 0 Å². The van der Waals surface area contributed by atoms with Gasteiger partial charge in [0.1, 0.15) is 5.82 Å². The molecule has 3 heteroatoms. The van der Waals surface area contributed by atoms with Gasteiger partial charge in [-0.2, -0.15) is 0 Å². The van der Waals surface area contributed by atoms with Crippen molar-refractivity contribution in [3.8, 4) is 0 Å². The van der Waals surface area contributed by atoms with Crippen LogP contribution in [-0.2, 0) is 0 Å². The fourth-order valence-electron chi connectivity index (χ4n) is 2.25. The Balaban J connectivity index is 2.15. The molecule has 1 heterocycles. The zero-order valence-corrected chi connectivity index (χ0v) is 9.91. The number of halogens is 1. The van der Waals surface area contributed by atoms with E-state index >= 15 is 0 Å². The molecule has 1 aliphatic rings. The molecule has 1 fully saturated rings. The highest BCUT2D eigenvalue weighted by Gasteiger charge is 2.40. The molecule has 3 atom stereocenters. The van der Waals surface area contributed by atoms with Gasteiger partial charge in [0.15, 0.2) is 0 Å². The topological polar surface area (TPSA) is 24.9 Å². The lowest BCUT2D eigenvalue weighted by atomic mass is 10.0. The van der Waals surface area contributed by atoms with Crippen molar-refractivity contribution in [2.24, 2.45) is 11.8 Å². The molecule has 0 aliphatic heterocycles. The van der Waals surface area contributed by atoms with Gasteiger partial charge in [-0.05, 0) is 37.3 Å². The summed E-state index contributed by atoms with van der Waals surface area (Å²) in [6, 6.07) is 1.96. The summed E-state index contributed by atoms with van der Waals surface area (Å²) in [4.78, 5) is 3.80. The maximum absolute atomic E-state index is 13.7. The molecular weight excluding hydrogens is 203 g/mol. The summed E-state index contributed by atoms with van der Waals surface area (Å²) in [7, 11) is 0. The molecule has 1 saturated carbocycles. The average Bonchev–Trinajstić information content (AvgIpc) is 2.99. The summed E-state index contributed by atoms with van der Waals surface area (Å²) in [5, 5.41) is 3.45. The van der Waals surface area contributed by atoms with Gasteiger partial charge in [-0.1, -0.05) is 13.8 Å². The number of nitrogens with one attached hydrogen (secondary N) is 1. The molecule has 1 aliphatic carbocycles. The first-order valence-corrected chi connectivity index (χ1v) is 6.06. The van der Waals surface area contributed by atoms with Gasteiger partial charge in [-0.25, -0.2) is 4.39 Å². The van der Waals surface area contributed by atoms with Crippen molar-refractivity contribution in [2.75, 3.05) is 6.54 Å². The minimum atomic E-state index is -0.185. The highest BCUT2D eigenvalue weighted by Crippen LogP contribution is 2.47. The molecule has 1 N–H and O–H groups in total. The predicted molar refractivity (Wildman–Crippen MR) is 62.5 cm³/mol. The third-order valence-corrected chi connectivity index (χ3v) is 3.35. The second kappa shape index (κ2) is 4.91. The van der Waals surface area contributed by atoms with Crippen LogP contribution in [0.3, 0.4) is 0 Å². The highest BCUT2D eigenvalue weighted by atomic mass is 19.1. The maximum Gasteiger partial charge on any atom is 0.146 e. The fraction of sp³-hybridized carbons (Fsp3) is 0.615. The Hall–Kier alpha value is -0.960. The van der Waals surface area contributed by atoms with Gasteiger partial charge in [0.25, 0.3) is 0 Å². The molecule has 2 rings (SSSR count). The standard InChI is InChI=1S/C13H19FN2/c1-3-5-16-13(11-7-9(11)2)10-4-6-15-8-12(10)14/h4,6,8-9,11,13,16H,3,5,7H2,1-2H3. The SMILES string of the molecule is CCCNC(c1ccncc1F)C1CC1C. The molecule has 1 aromatic heterocycles. The van der Waals surface area contributed by atoms with E-state index in [2.05, 4.69) is 24.1 Å². The van der Waals surface area contributed by atoms with Gasteiger partial charge in [0.05, 0.1) is 6.20 Å². The van der Waals surface area contributed by atoms with Crippen LogP contribution < -0.4 is 5.32 Å². The third-order valence-electron chi connectivity index (χ3n) is 3.35. The Morgan fingerprint density at radius 1 is 1.62 bits per heavy atom. The van der Waals surface area contributed by atoms with E-state index in [1.807, 2.05) is 0 Å². The smallest absolute Gasteiger partial charge is 0.146 e. The van der Waals surface area contributed by atoms with E-state index in [0.29, 0.717) is 11.8 Å². The number of aromatic nitrogens is 1. The van der Waals surface area contributed by atoms with E-state index in [4.69, 9.17) is 0 Å². The highest BCUT2D eigenvalue weighted by molar-refractivity contribution is 5.20. The van der Waals surface area contributed by atoms with E-state index in [9.17, 15) is 4.39 Å². The normalized spacial score (nSPS) is 25.4. The van der Waals surface area contributed by atoms with Crippen molar-refractivity contribution < 1.29 is 4.39 Å². The summed E-state index contributed by atoms with van der Waals surface area (Å²) < 4.78 is 13.7. The average molecular weight is 222 g/mol. The molecule has 0 radical (unpaired) electrons. The molecule has 88 valence electrons. The van der Waals surface area contributed by atoms with Crippen LogP contribution in [0.4, 0.5) is 4.39 Å². The molecule has 0 saturated heterocycles. The molecule has 0 aromatic carbocycles. The van der Waals surface area contributed by atoms with Gasteiger partial charge in [-0.15, -0.1) is 0 Å². The summed E-state index contributed by atoms with van der Waals surface area (Å²) in [6.07, 6.45) is 5.25. The molecule has 0 bridgehead atoms. The first-order chi connectivity index (χ1) is 7.74. The van der Waals surface area contributed by atoms with Crippen LogP contribution in [0.2, 0.25) is 0 Å². The predicted octanol–water partition coefficient (Wildman–Crippen LogP) is 2.92. The van der Waals surface area contributed by atoms with Crippen LogP contribution in [0.25, 0.3) is 0 Å². The van der Waals surface area contributed by atoms with Gasteiger partial charge >= 0.3 is 0 Å². The van der Waals surface area contributed by atoms with Crippen LogP contribution in [0.5, 0.6) is 0 Å². The third kappa shape index (κ3) is 2.40. The van der Waals surface area contributed by atoms with Crippen molar-refractivity contribution in [2.45, 2.75) is 32.7 Å². The zero-order chi connectivity index (χ0) is 11.5. The fourth-order valence-corrected chi connectivity index (χ4v) is 2.25.